The third-order valence-corrected chi connectivity index (χ3v) is 4.80. The number of aromatic nitrogens is 3. The molecule has 1 N–H and O–H groups in total. The van der Waals surface area contributed by atoms with Crippen LogP contribution in [-0.2, 0) is 11.2 Å². The highest BCUT2D eigenvalue weighted by atomic mass is 16.5. The van der Waals surface area contributed by atoms with Gasteiger partial charge in [0.15, 0.2) is 5.58 Å². The van der Waals surface area contributed by atoms with Gasteiger partial charge in [-0.2, -0.15) is 0 Å². The van der Waals surface area contributed by atoms with Crippen LogP contribution in [0.25, 0.3) is 11.0 Å². The monoisotopic (exact) mass is 402 g/mol. The number of amides is 1. The molecule has 2 aromatic carbocycles. The Labute approximate surface area is 174 Å². The van der Waals surface area contributed by atoms with Crippen molar-refractivity contribution in [3.63, 3.8) is 0 Å². The molecule has 2 heterocycles. The number of rotatable bonds is 5. The van der Waals surface area contributed by atoms with Crippen molar-refractivity contribution >= 4 is 22.6 Å². The average molecular weight is 402 g/mol. The van der Waals surface area contributed by atoms with E-state index in [4.69, 9.17) is 9.26 Å². The number of carbonyl (C=O) groups excluding carboxylic acids is 1. The number of carbonyl (C=O) groups is 1. The summed E-state index contributed by atoms with van der Waals surface area (Å²) in [6, 6.07) is 13.2. The van der Waals surface area contributed by atoms with Gasteiger partial charge in [0.2, 0.25) is 5.91 Å². The SMILES string of the molecule is Cc1cc(C)nc(Oc2ccc(NC(=O)Cc3noc4cc(C)c(C)cc34)cc2)n1. The first-order valence-corrected chi connectivity index (χ1v) is 9.63. The van der Waals surface area contributed by atoms with Gasteiger partial charge in [0.05, 0.1) is 6.42 Å². The number of benzene rings is 2. The maximum atomic E-state index is 12.5. The van der Waals surface area contributed by atoms with E-state index in [-0.39, 0.29) is 12.3 Å². The molecule has 0 fully saturated rings. The minimum absolute atomic E-state index is 0.129. The average Bonchev–Trinajstić information content (AvgIpc) is 3.04. The number of hydrogen-bond acceptors (Lipinski definition) is 6. The van der Waals surface area contributed by atoms with Crippen LogP contribution in [-0.4, -0.2) is 21.0 Å². The zero-order chi connectivity index (χ0) is 21.3. The first kappa shape index (κ1) is 19.6. The minimum Gasteiger partial charge on any atom is -0.424 e. The molecule has 0 unspecified atom stereocenters. The highest BCUT2D eigenvalue weighted by Crippen LogP contribution is 2.24. The van der Waals surface area contributed by atoms with Gasteiger partial charge in [-0.3, -0.25) is 4.79 Å². The second-order valence-corrected chi connectivity index (χ2v) is 7.35. The van der Waals surface area contributed by atoms with Crippen molar-refractivity contribution in [2.24, 2.45) is 0 Å². The zero-order valence-electron chi connectivity index (χ0n) is 17.3. The van der Waals surface area contributed by atoms with Crippen molar-refractivity contribution in [1.82, 2.24) is 15.1 Å². The molecule has 30 heavy (non-hydrogen) atoms. The quantitative estimate of drug-likeness (QED) is 0.514. The topological polar surface area (TPSA) is 90.1 Å². The highest BCUT2D eigenvalue weighted by Gasteiger charge is 2.14. The summed E-state index contributed by atoms with van der Waals surface area (Å²) in [5.74, 6) is 0.418. The second kappa shape index (κ2) is 7.94. The first-order valence-electron chi connectivity index (χ1n) is 9.63. The third-order valence-electron chi connectivity index (χ3n) is 4.80. The maximum absolute atomic E-state index is 12.5. The van der Waals surface area contributed by atoms with Gasteiger partial charge in [0.1, 0.15) is 11.4 Å². The van der Waals surface area contributed by atoms with E-state index in [1.807, 2.05) is 45.9 Å². The Hall–Kier alpha value is -3.74. The van der Waals surface area contributed by atoms with E-state index in [0.29, 0.717) is 28.7 Å². The van der Waals surface area contributed by atoms with Crippen LogP contribution >= 0.6 is 0 Å². The molecule has 0 aliphatic heterocycles. The van der Waals surface area contributed by atoms with Crippen LogP contribution in [0, 0.1) is 27.7 Å². The van der Waals surface area contributed by atoms with Gasteiger partial charge in [-0.05, 0) is 81.3 Å². The molecule has 152 valence electrons. The van der Waals surface area contributed by atoms with Gasteiger partial charge >= 0.3 is 6.01 Å². The maximum Gasteiger partial charge on any atom is 0.322 e. The molecule has 4 aromatic rings. The second-order valence-electron chi connectivity index (χ2n) is 7.35. The summed E-state index contributed by atoms with van der Waals surface area (Å²) in [6.45, 7) is 7.82. The molecular weight excluding hydrogens is 380 g/mol. The fourth-order valence-electron chi connectivity index (χ4n) is 3.18. The molecule has 0 saturated carbocycles. The fourth-order valence-corrected chi connectivity index (χ4v) is 3.18. The molecule has 0 saturated heterocycles. The molecule has 7 nitrogen and oxygen atoms in total. The van der Waals surface area contributed by atoms with Crippen LogP contribution in [0.3, 0.4) is 0 Å². The Balaban J connectivity index is 1.42. The molecule has 0 radical (unpaired) electrons. The van der Waals surface area contributed by atoms with Crippen LogP contribution in [0.4, 0.5) is 5.69 Å². The number of fused-ring (bicyclic) bond motifs is 1. The van der Waals surface area contributed by atoms with Crippen molar-refractivity contribution in [1.29, 1.82) is 0 Å². The predicted octanol–water partition coefficient (Wildman–Crippen LogP) is 4.82. The summed E-state index contributed by atoms with van der Waals surface area (Å²) >= 11 is 0. The normalized spacial score (nSPS) is 10.9. The van der Waals surface area contributed by atoms with Crippen molar-refractivity contribution in [3.8, 4) is 11.8 Å². The van der Waals surface area contributed by atoms with Gasteiger partial charge in [0.25, 0.3) is 0 Å². The van der Waals surface area contributed by atoms with Gasteiger partial charge in [-0.15, -0.1) is 0 Å². The van der Waals surface area contributed by atoms with E-state index in [1.54, 1.807) is 24.3 Å². The molecule has 0 bridgehead atoms. The Morgan fingerprint density at radius 3 is 2.33 bits per heavy atom. The van der Waals surface area contributed by atoms with E-state index >= 15 is 0 Å². The third kappa shape index (κ3) is 4.30. The van der Waals surface area contributed by atoms with Crippen molar-refractivity contribution < 1.29 is 14.1 Å². The molecule has 2 aromatic heterocycles. The van der Waals surface area contributed by atoms with Gasteiger partial charge in [0, 0.05) is 22.5 Å². The Morgan fingerprint density at radius 2 is 1.63 bits per heavy atom. The summed E-state index contributed by atoms with van der Waals surface area (Å²) in [7, 11) is 0. The lowest BCUT2D eigenvalue weighted by Crippen LogP contribution is -2.14. The standard InChI is InChI=1S/C23H22N4O3/c1-13-9-19-20(27-30-21(19)10-14(13)2)12-22(28)26-17-5-7-18(8-6-17)29-23-24-15(3)11-16(4)25-23/h5-11H,12H2,1-4H3,(H,26,28). The summed E-state index contributed by atoms with van der Waals surface area (Å²) in [5, 5.41) is 7.80. The van der Waals surface area contributed by atoms with Gasteiger partial charge in [-0.1, -0.05) is 5.16 Å². The van der Waals surface area contributed by atoms with E-state index in [2.05, 4.69) is 20.4 Å². The van der Waals surface area contributed by atoms with Crippen molar-refractivity contribution in [2.75, 3.05) is 5.32 Å². The Morgan fingerprint density at radius 1 is 0.967 bits per heavy atom. The molecule has 7 heteroatoms. The van der Waals surface area contributed by atoms with Gasteiger partial charge < -0.3 is 14.6 Å². The van der Waals surface area contributed by atoms with E-state index in [0.717, 1.165) is 27.9 Å². The van der Waals surface area contributed by atoms with Crippen LogP contribution in [0.1, 0.15) is 28.2 Å². The predicted molar refractivity (Wildman–Crippen MR) is 114 cm³/mol. The zero-order valence-corrected chi connectivity index (χ0v) is 17.3. The molecule has 0 aliphatic carbocycles. The Bertz CT molecular complexity index is 1210. The molecule has 0 aliphatic rings. The van der Waals surface area contributed by atoms with E-state index in [1.165, 1.54) is 0 Å². The number of nitrogens with zero attached hydrogens (tertiary/aromatic N) is 3. The first-order chi connectivity index (χ1) is 14.4. The molecule has 1 amide bonds. The summed E-state index contributed by atoms with van der Waals surface area (Å²) < 4.78 is 11.1. The van der Waals surface area contributed by atoms with Crippen molar-refractivity contribution in [3.05, 3.63) is 70.7 Å². The smallest absolute Gasteiger partial charge is 0.322 e. The Kier molecular flexibility index (Phi) is 5.18. The summed E-state index contributed by atoms with van der Waals surface area (Å²) in [5.41, 5.74) is 5.92. The summed E-state index contributed by atoms with van der Waals surface area (Å²) in [6.07, 6.45) is 0.129. The van der Waals surface area contributed by atoms with Gasteiger partial charge in [-0.25, -0.2) is 9.97 Å². The number of nitrogens with one attached hydrogen (secondary N) is 1. The number of anilines is 1. The summed E-state index contributed by atoms with van der Waals surface area (Å²) in [4.78, 5) is 21.0. The molecule has 0 spiro atoms. The molecular formula is C23H22N4O3. The largest absolute Gasteiger partial charge is 0.424 e. The number of aryl methyl sites for hydroxylation is 4. The van der Waals surface area contributed by atoms with Crippen LogP contribution in [0.5, 0.6) is 11.8 Å². The van der Waals surface area contributed by atoms with Crippen molar-refractivity contribution in [2.45, 2.75) is 34.1 Å². The minimum atomic E-state index is -0.172. The lowest BCUT2D eigenvalue weighted by molar-refractivity contribution is -0.115. The molecule has 0 atom stereocenters. The molecule has 4 rings (SSSR count). The highest BCUT2D eigenvalue weighted by molar-refractivity contribution is 5.94. The lowest BCUT2D eigenvalue weighted by Gasteiger charge is -2.08. The fraction of sp³-hybridized carbons (Fsp3) is 0.217. The van der Waals surface area contributed by atoms with Crippen LogP contribution in [0.15, 0.2) is 47.0 Å². The number of hydrogen-bond donors (Lipinski definition) is 1. The van der Waals surface area contributed by atoms with Crippen LogP contribution < -0.4 is 10.1 Å². The van der Waals surface area contributed by atoms with E-state index in [9.17, 15) is 4.79 Å². The lowest BCUT2D eigenvalue weighted by atomic mass is 10.1. The van der Waals surface area contributed by atoms with E-state index < -0.39 is 0 Å². The number of ether oxygens (including phenoxy) is 1. The van der Waals surface area contributed by atoms with Crippen LogP contribution in [0.2, 0.25) is 0 Å².